The van der Waals surface area contributed by atoms with Crippen LogP contribution in [-0.4, -0.2) is 33.5 Å². The van der Waals surface area contributed by atoms with Gasteiger partial charge in [0.25, 0.3) is 0 Å². The van der Waals surface area contributed by atoms with Crippen molar-refractivity contribution in [2.75, 3.05) is 0 Å². The summed E-state index contributed by atoms with van der Waals surface area (Å²) >= 11 is 0. The lowest BCUT2D eigenvalue weighted by Gasteiger charge is -2.03. The number of aliphatic carboxylic acids is 1. The number of unbranched alkanes of at least 4 members (excludes halogenated alkanes) is 2. The fraction of sp³-hybridized carbons (Fsp3) is 0.500. The summed E-state index contributed by atoms with van der Waals surface area (Å²) in [6, 6.07) is 0. The topological polar surface area (TPSA) is 77.8 Å². The SMILES string of the molecule is CC/C=C\C[C@H](O)/C=C/C=C\C/C=C\C=C/[C@@H](O)CCCCCC(=O)O. The van der Waals surface area contributed by atoms with Crippen LogP contribution in [-0.2, 0) is 4.79 Å². The van der Waals surface area contributed by atoms with Gasteiger partial charge in [0, 0.05) is 6.42 Å². The van der Waals surface area contributed by atoms with Gasteiger partial charge in [-0.15, -0.1) is 0 Å². The Labute approximate surface area is 157 Å². The maximum atomic E-state index is 10.4. The Morgan fingerprint density at radius 3 is 2.12 bits per heavy atom. The van der Waals surface area contributed by atoms with Crippen LogP contribution in [0.3, 0.4) is 0 Å². The van der Waals surface area contributed by atoms with E-state index in [9.17, 15) is 15.0 Å². The molecule has 0 saturated heterocycles. The number of hydrogen-bond acceptors (Lipinski definition) is 3. The van der Waals surface area contributed by atoms with Crippen molar-refractivity contribution in [3.8, 4) is 0 Å². The van der Waals surface area contributed by atoms with Crippen LogP contribution in [0.1, 0.15) is 58.3 Å². The Kier molecular flexibility index (Phi) is 16.6. The van der Waals surface area contributed by atoms with Crippen molar-refractivity contribution in [2.45, 2.75) is 70.5 Å². The molecule has 0 aromatic carbocycles. The van der Waals surface area contributed by atoms with Gasteiger partial charge in [0.15, 0.2) is 0 Å². The minimum absolute atomic E-state index is 0.201. The van der Waals surface area contributed by atoms with E-state index in [1.54, 1.807) is 12.2 Å². The van der Waals surface area contributed by atoms with Crippen LogP contribution >= 0.6 is 0 Å². The van der Waals surface area contributed by atoms with Crippen LogP contribution in [0.5, 0.6) is 0 Å². The van der Waals surface area contributed by atoms with Crippen molar-refractivity contribution in [3.05, 3.63) is 60.8 Å². The van der Waals surface area contributed by atoms with Gasteiger partial charge in [-0.05, 0) is 32.1 Å². The Hall–Kier alpha value is -1.91. The van der Waals surface area contributed by atoms with Crippen molar-refractivity contribution in [1.82, 2.24) is 0 Å². The van der Waals surface area contributed by atoms with Crippen LogP contribution in [0.25, 0.3) is 0 Å². The van der Waals surface area contributed by atoms with E-state index >= 15 is 0 Å². The second kappa shape index (κ2) is 17.9. The van der Waals surface area contributed by atoms with E-state index in [0.29, 0.717) is 19.3 Å². The number of allylic oxidation sites excluding steroid dienone is 7. The van der Waals surface area contributed by atoms with Gasteiger partial charge in [-0.2, -0.15) is 0 Å². The highest BCUT2D eigenvalue weighted by Crippen LogP contribution is 2.07. The first-order valence-electron chi connectivity index (χ1n) is 9.45. The molecule has 0 fully saturated rings. The van der Waals surface area contributed by atoms with Gasteiger partial charge < -0.3 is 15.3 Å². The maximum Gasteiger partial charge on any atom is 0.303 e. The first kappa shape index (κ1) is 24.1. The Bertz CT molecular complexity index is 486. The number of hydrogen-bond donors (Lipinski definition) is 3. The largest absolute Gasteiger partial charge is 0.481 e. The molecule has 0 heterocycles. The summed E-state index contributed by atoms with van der Waals surface area (Å²) < 4.78 is 0. The fourth-order valence-corrected chi connectivity index (χ4v) is 2.16. The second-order valence-corrected chi connectivity index (χ2v) is 6.10. The molecule has 4 nitrogen and oxygen atoms in total. The smallest absolute Gasteiger partial charge is 0.303 e. The van der Waals surface area contributed by atoms with Gasteiger partial charge in [0.1, 0.15) is 0 Å². The Morgan fingerprint density at radius 1 is 0.846 bits per heavy atom. The third-order valence-corrected chi connectivity index (χ3v) is 3.60. The molecule has 4 heteroatoms. The highest BCUT2D eigenvalue weighted by atomic mass is 16.4. The van der Waals surface area contributed by atoms with Gasteiger partial charge in [-0.3, -0.25) is 4.79 Å². The highest BCUT2D eigenvalue weighted by Gasteiger charge is 2.00. The van der Waals surface area contributed by atoms with E-state index in [1.165, 1.54) is 0 Å². The number of aliphatic hydroxyl groups excluding tert-OH is 2. The van der Waals surface area contributed by atoms with Crippen molar-refractivity contribution in [2.24, 2.45) is 0 Å². The van der Waals surface area contributed by atoms with Gasteiger partial charge in [-0.1, -0.05) is 80.5 Å². The molecule has 0 aliphatic rings. The van der Waals surface area contributed by atoms with Gasteiger partial charge in [0.2, 0.25) is 0 Å². The van der Waals surface area contributed by atoms with Crippen LogP contribution < -0.4 is 0 Å². The molecular formula is C22H34O4. The van der Waals surface area contributed by atoms with Gasteiger partial charge in [0.05, 0.1) is 12.2 Å². The predicted octanol–water partition coefficient (Wildman–Crippen LogP) is 4.71. The molecule has 0 amide bonds. The van der Waals surface area contributed by atoms with Crippen molar-refractivity contribution < 1.29 is 20.1 Å². The summed E-state index contributed by atoms with van der Waals surface area (Å²) in [5, 5.41) is 28.0. The first-order valence-corrected chi connectivity index (χ1v) is 9.45. The number of aliphatic hydroxyl groups is 2. The molecule has 0 aliphatic carbocycles. The first-order chi connectivity index (χ1) is 12.6. The molecule has 0 saturated carbocycles. The Balaban J connectivity index is 3.76. The van der Waals surface area contributed by atoms with E-state index in [0.717, 1.165) is 25.7 Å². The third kappa shape index (κ3) is 18.4. The molecule has 0 bridgehead atoms. The van der Waals surface area contributed by atoms with Crippen molar-refractivity contribution in [3.63, 3.8) is 0 Å². The molecule has 0 aromatic rings. The summed E-state index contributed by atoms with van der Waals surface area (Å²) in [4.78, 5) is 10.4. The van der Waals surface area contributed by atoms with Crippen LogP contribution in [0, 0.1) is 0 Å². The quantitative estimate of drug-likeness (QED) is 0.224. The van der Waals surface area contributed by atoms with Crippen molar-refractivity contribution >= 4 is 5.97 Å². The number of carboxylic acid groups (broad SMARTS) is 1. The van der Waals surface area contributed by atoms with E-state index in [4.69, 9.17) is 5.11 Å². The minimum Gasteiger partial charge on any atom is -0.481 e. The monoisotopic (exact) mass is 362 g/mol. The molecule has 0 spiro atoms. The minimum atomic E-state index is -0.763. The van der Waals surface area contributed by atoms with Crippen LogP contribution in [0.2, 0.25) is 0 Å². The lowest BCUT2D eigenvalue weighted by molar-refractivity contribution is -0.137. The molecule has 3 N–H and O–H groups in total. The standard InChI is InChI=1S/C22H34O4/c1-2-3-10-15-20(23)16-11-7-5-4-6-8-12-17-21(24)18-13-9-14-19-22(25)26/h3,5-8,10-12,16-17,20-21,23-24H,2,4,9,13-15,18-19H2,1H3,(H,25,26)/b7-5-,8-6-,10-3-,16-11+,17-12-/t20-,21+/m0/s1. The summed E-state index contributed by atoms with van der Waals surface area (Å²) in [7, 11) is 0. The van der Waals surface area contributed by atoms with Crippen LogP contribution in [0.4, 0.5) is 0 Å². The summed E-state index contributed by atoms with van der Waals surface area (Å²) in [5.74, 6) is -0.763. The van der Waals surface area contributed by atoms with Gasteiger partial charge in [-0.25, -0.2) is 0 Å². The average Bonchev–Trinajstić information content (AvgIpc) is 2.60. The molecule has 26 heavy (non-hydrogen) atoms. The normalized spacial score (nSPS) is 15.2. The molecule has 0 aliphatic heterocycles. The highest BCUT2D eigenvalue weighted by molar-refractivity contribution is 5.66. The number of carbonyl (C=O) groups is 1. The Morgan fingerprint density at radius 2 is 1.50 bits per heavy atom. The summed E-state index contributed by atoms with van der Waals surface area (Å²) in [6.07, 6.45) is 23.7. The molecule has 2 atom stereocenters. The average molecular weight is 363 g/mol. The molecule has 146 valence electrons. The molecule has 0 radical (unpaired) electrons. The zero-order valence-corrected chi connectivity index (χ0v) is 15.8. The maximum absolute atomic E-state index is 10.4. The lowest BCUT2D eigenvalue weighted by atomic mass is 10.1. The van der Waals surface area contributed by atoms with E-state index < -0.39 is 18.2 Å². The molecule has 0 unspecified atom stereocenters. The zero-order valence-electron chi connectivity index (χ0n) is 15.8. The lowest BCUT2D eigenvalue weighted by Crippen LogP contribution is -2.01. The number of rotatable bonds is 15. The third-order valence-electron chi connectivity index (χ3n) is 3.60. The number of carboxylic acids is 1. The zero-order chi connectivity index (χ0) is 19.5. The van der Waals surface area contributed by atoms with Gasteiger partial charge >= 0.3 is 5.97 Å². The van der Waals surface area contributed by atoms with Crippen molar-refractivity contribution in [1.29, 1.82) is 0 Å². The molecule has 0 aromatic heterocycles. The molecular weight excluding hydrogens is 328 g/mol. The van der Waals surface area contributed by atoms with E-state index in [1.807, 2.05) is 48.6 Å². The molecule has 0 rings (SSSR count). The second-order valence-electron chi connectivity index (χ2n) is 6.10. The summed E-state index contributed by atoms with van der Waals surface area (Å²) in [5.41, 5.74) is 0. The van der Waals surface area contributed by atoms with E-state index in [2.05, 4.69) is 6.92 Å². The predicted molar refractivity (Wildman–Crippen MR) is 108 cm³/mol. The van der Waals surface area contributed by atoms with E-state index in [-0.39, 0.29) is 6.42 Å². The summed E-state index contributed by atoms with van der Waals surface area (Å²) in [6.45, 7) is 2.07. The van der Waals surface area contributed by atoms with Crippen LogP contribution in [0.15, 0.2) is 60.8 Å². The fourth-order valence-electron chi connectivity index (χ4n) is 2.16.